The maximum Gasteiger partial charge on any atom is 0.0596 e. The Bertz CT molecular complexity index is 664. The molecule has 0 aliphatic rings. The summed E-state index contributed by atoms with van der Waals surface area (Å²) in [6.45, 7) is 5.04. The van der Waals surface area contributed by atoms with Crippen LogP contribution in [-0.2, 0) is 13.0 Å². The molecule has 0 aromatic carbocycles. The molecule has 0 aliphatic carbocycles. The topological polar surface area (TPSA) is 43.8 Å². The summed E-state index contributed by atoms with van der Waals surface area (Å²) in [5.74, 6) is 0. The third-order valence-electron chi connectivity index (χ3n) is 3.24. The van der Waals surface area contributed by atoms with Gasteiger partial charge in [-0.15, -0.1) is 22.7 Å². The zero-order chi connectivity index (χ0) is 13.4. The van der Waals surface area contributed by atoms with Crippen LogP contribution in [-0.4, -0.2) is 9.78 Å². The average Bonchev–Trinajstić information content (AvgIpc) is 3.02. The van der Waals surface area contributed by atoms with Crippen LogP contribution >= 0.6 is 22.7 Å². The summed E-state index contributed by atoms with van der Waals surface area (Å²) in [6.07, 6.45) is 0.850. The normalized spacial score (nSPS) is 13.2. The number of thiophene rings is 2. The number of rotatable bonds is 4. The van der Waals surface area contributed by atoms with Gasteiger partial charge in [0.25, 0.3) is 0 Å². The number of aromatic nitrogens is 2. The smallest absolute Gasteiger partial charge is 0.0596 e. The molecule has 3 aromatic heterocycles. The molecule has 2 N–H and O–H groups in total. The number of nitrogens with zero attached hydrogens (tertiary/aromatic N) is 2. The Hall–Kier alpha value is -1.17. The summed E-state index contributed by atoms with van der Waals surface area (Å²) in [7, 11) is 0. The lowest BCUT2D eigenvalue weighted by Gasteiger charge is -2.10. The highest BCUT2D eigenvalue weighted by molar-refractivity contribution is 7.26. The molecular weight excluding hydrogens is 274 g/mol. The van der Waals surface area contributed by atoms with E-state index in [-0.39, 0.29) is 6.04 Å². The van der Waals surface area contributed by atoms with Gasteiger partial charge in [-0.2, -0.15) is 5.10 Å². The molecular formula is C14H17N3S2. The van der Waals surface area contributed by atoms with Crippen LogP contribution in [0.2, 0.25) is 0 Å². The van der Waals surface area contributed by atoms with Crippen molar-refractivity contribution in [3.63, 3.8) is 0 Å². The molecule has 0 fully saturated rings. The first-order valence-corrected chi connectivity index (χ1v) is 8.13. The Morgan fingerprint density at radius 3 is 2.95 bits per heavy atom. The Morgan fingerprint density at radius 2 is 2.21 bits per heavy atom. The summed E-state index contributed by atoms with van der Waals surface area (Å²) in [5.41, 5.74) is 8.65. The van der Waals surface area contributed by atoms with E-state index in [2.05, 4.69) is 35.6 Å². The highest BCUT2D eigenvalue weighted by Crippen LogP contribution is 2.33. The number of hydrogen-bond acceptors (Lipinski definition) is 4. The first-order chi connectivity index (χ1) is 9.17. The molecule has 0 spiro atoms. The minimum atomic E-state index is 0.0611. The Balaban J connectivity index is 1.84. The minimum Gasteiger partial charge on any atom is -0.323 e. The summed E-state index contributed by atoms with van der Waals surface area (Å²) in [6, 6.07) is 6.60. The molecule has 0 saturated heterocycles. The van der Waals surface area contributed by atoms with Crippen molar-refractivity contribution in [1.82, 2.24) is 9.78 Å². The van der Waals surface area contributed by atoms with Crippen LogP contribution in [0.25, 0.3) is 9.40 Å². The van der Waals surface area contributed by atoms with Gasteiger partial charge in [0.1, 0.15) is 0 Å². The second-order valence-electron chi connectivity index (χ2n) is 4.70. The van der Waals surface area contributed by atoms with Gasteiger partial charge in [0.15, 0.2) is 0 Å². The second-order valence-corrected chi connectivity index (χ2v) is 6.76. The van der Waals surface area contributed by atoms with Gasteiger partial charge in [0, 0.05) is 39.0 Å². The molecule has 0 saturated carbocycles. The molecule has 0 amide bonds. The van der Waals surface area contributed by atoms with E-state index >= 15 is 0 Å². The molecule has 0 bridgehead atoms. The van der Waals surface area contributed by atoms with Crippen molar-refractivity contribution in [3.8, 4) is 0 Å². The molecule has 19 heavy (non-hydrogen) atoms. The fourth-order valence-corrected chi connectivity index (χ4v) is 4.45. The second kappa shape index (κ2) is 5.07. The molecule has 3 heterocycles. The predicted octanol–water partition coefficient (Wildman–Crippen LogP) is 3.73. The molecule has 5 heteroatoms. The molecule has 3 aromatic rings. The van der Waals surface area contributed by atoms with Crippen LogP contribution in [0.1, 0.15) is 29.2 Å². The van der Waals surface area contributed by atoms with Gasteiger partial charge in [-0.3, -0.25) is 4.68 Å². The highest BCUT2D eigenvalue weighted by atomic mass is 32.1. The van der Waals surface area contributed by atoms with Gasteiger partial charge in [0.2, 0.25) is 0 Å². The largest absolute Gasteiger partial charge is 0.323 e. The fourth-order valence-electron chi connectivity index (χ4n) is 2.33. The van der Waals surface area contributed by atoms with E-state index in [4.69, 9.17) is 5.73 Å². The third kappa shape index (κ3) is 2.45. The van der Waals surface area contributed by atoms with Crippen LogP contribution in [0.5, 0.6) is 0 Å². The van der Waals surface area contributed by atoms with Crippen molar-refractivity contribution >= 4 is 32.1 Å². The van der Waals surface area contributed by atoms with Crippen molar-refractivity contribution in [2.45, 2.75) is 32.9 Å². The SMILES string of the molecule is CCn1nc(C)cc1CC(N)c1cc2sccc2s1. The molecule has 0 radical (unpaired) electrons. The van der Waals surface area contributed by atoms with Crippen molar-refractivity contribution in [2.24, 2.45) is 5.73 Å². The van der Waals surface area contributed by atoms with Crippen LogP contribution in [0.4, 0.5) is 0 Å². The predicted molar refractivity (Wildman–Crippen MR) is 83.0 cm³/mol. The van der Waals surface area contributed by atoms with E-state index in [9.17, 15) is 0 Å². The molecule has 1 atom stereocenters. The van der Waals surface area contributed by atoms with Crippen molar-refractivity contribution in [2.75, 3.05) is 0 Å². The number of aryl methyl sites for hydroxylation is 2. The molecule has 100 valence electrons. The fraction of sp³-hybridized carbons (Fsp3) is 0.357. The van der Waals surface area contributed by atoms with Crippen molar-refractivity contribution in [1.29, 1.82) is 0 Å². The van der Waals surface area contributed by atoms with Gasteiger partial charge in [-0.1, -0.05) is 0 Å². The van der Waals surface area contributed by atoms with Gasteiger partial charge < -0.3 is 5.73 Å². The first-order valence-electron chi connectivity index (χ1n) is 6.43. The third-order valence-corrected chi connectivity index (χ3v) is 5.46. The van der Waals surface area contributed by atoms with Crippen LogP contribution in [0.3, 0.4) is 0 Å². The lowest BCUT2D eigenvalue weighted by atomic mass is 10.1. The standard InChI is InChI=1S/C14H17N3S2/c1-3-17-10(6-9(2)16-17)7-11(15)13-8-14-12(19-13)4-5-18-14/h4-6,8,11H,3,7,15H2,1-2H3. The van der Waals surface area contributed by atoms with E-state index < -0.39 is 0 Å². The molecule has 3 rings (SSSR count). The molecule has 3 nitrogen and oxygen atoms in total. The lowest BCUT2D eigenvalue weighted by molar-refractivity contribution is 0.590. The van der Waals surface area contributed by atoms with Gasteiger partial charge in [-0.05, 0) is 37.4 Å². The maximum absolute atomic E-state index is 6.36. The maximum atomic E-state index is 6.36. The zero-order valence-electron chi connectivity index (χ0n) is 11.1. The van der Waals surface area contributed by atoms with E-state index in [1.807, 2.05) is 22.9 Å². The monoisotopic (exact) mass is 291 g/mol. The number of nitrogens with two attached hydrogens (primary N) is 1. The Kier molecular flexibility index (Phi) is 3.43. The zero-order valence-corrected chi connectivity index (χ0v) is 12.7. The van der Waals surface area contributed by atoms with Gasteiger partial charge in [-0.25, -0.2) is 0 Å². The van der Waals surface area contributed by atoms with Crippen LogP contribution in [0, 0.1) is 6.92 Å². The molecule has 0 aliphatic heterocycles. The lowest BCUT2D eigenvalue weighted by Crippen LogP contribution is -2.15. The van der Waals surface area contributed by atoms with Crippen LogP contribution in [0.15, 0.2) is 23.6 Å². The van der Waals surface area contributed by atoms with Crippen molar-refractivity contribution < 1.29 is 0 Å². The van der Waals surface area contributed by atoms with Crippen molar-refractivity contribution in [3.05, 3.63) is 39.8 Å². The minimum absolute atomic E-state index is 0.0611. The van der Waals surface area contributed by atoms with E-state index in [0.29, 0.717) is 0 Å². The summed E-state index contributed by atoms with van der Waals surface area (Å²) in [4.78, 5) is 1.27. The Morgan fingerprint density at radius 1 is 1.37 bits per heavy atom. The number of hydrogen-bond donors (Lipinski definition) is 1. The van der Waals surface area contributed by atoms with E-state index in [1.165, 1.54) is 20.0 Å². The summed E-state index contributed by atoms with van der Waals surface area (Å²) < 4.78 is 4.73. The van der Waals surface area contributed by atoms with E-state index in [1.54, 1.807) is 11.3 Å². The van der Waals surface area contributed by atoms with Gasteiger partial charge >= 0.3 is 0 Å². The average molecular weight is 291 g/mol. The Labute approximate surface area is 120 Å². The summed E-state index contributed by atoms with van der Waals surface area (Å²) in [5, 5.41) is 6.61. The molecule has 1 unspecified atom stereocenters. The highest BCUT2D eigenvalue weighted by Gasteiger charge is 2.14. The quantitative estimate of drug-likeness (QED) is 0.796. The number of fused-ring (bicyclic) bond motifs is 1. The van der Waals surface area contributed by atoms with Crippen LogP contribution < -0.4 is 5.73 Å². The summed E-state index contributed by atoms with van der Waals surface area (Å²) >= 11 is 3.59. The van der Waals surface area contributed by atoms with E-state index in [0.717, 1.165) is 18.7 Å². The van der Waals surface area contributed by atoms with Gasteiger partial charge in [0.05, 0.1) is 5.69 Å². The first kappa shape index (κ1) is 12.8.